The minimum Gasteiger partial charge on any atom is -0.318 e. The molecule has 0 spiro atoms. The monoisotopic (exact) mass is 128 g/mol. The molecule has 3 N–H and O–H groups in total. The lowest BCUT2D eigenvalue weighted by Gasteiger charge is -1.88. The van der Waals surface area contributed by atoms with Gasteiger partial charge in [-0.1, -0.05) is 0 Å². The summed E-state index contributed by atoms with van der Waals surface area (Å²) >= 11 is 0. The van der Waals surface area contributed by atoms with Gasteiger partial charge in [-0.15, -0.1) is 4.79 Å². The average Bonchev–Trinajstić information content (AvgIpc) is 1.80. The van der Waals surface area contributed by atoms with E-state index in [9.17, 15) is 9.59 Å². The number of hydrogen-bond donors (Lipinski definition) is 2. The van der Waals surface area contributed by atoms with E-state index >= 15 is 0 Å². The van der Waals surface area contributed by atoms with Crippen LogP contribution < -0.4 is 17.1 Å². The van der Waals surface area contributed by atoms with Crippen molar-refractivity contribution >= 4 is 0 Å². The van der Waals surface area contributed by atoms with Crippen LogP contribution >= 0.6 is 0 Å². The molecule has 0 saturated carbocycles. The Bertz CT molecular complexity index is 310. The Morgan fingerprint density at radius 3 is 2.78 bits per heavy atom. The first kappa shape index (κ1) is 5.54. The molecule has 6 heteroatoms. The van der Waals surface area contributed by atoms with Crippen molar-refractivity contribution in [1.82, 2.24) is 14.9 Å². The zero-order valence-corrected chi connectivity index (χ0v) is 4.37. The summed E-state index contributed by atoms with van der Waals surface area (Å²) in [5, 5.41) is 3.22. The first-order valence-electron chi connectivity index (χ1n) is 2.14. The minimum absolute atomic E-state index is 0.543. The van der Waals surface area contributed by atoms with Gasteiger partial charge in [0.1, 0.15) is 6.20 Å². The normalized spacial score (nSPS) is 9.33. The Labute approximate surface area is 48.9 Å². The third kappa shape index (κ3) is 0.958. The first-order chi connectivity index (χ1) is 4.20. The van der Waals surface area contributed by atoms with Crippen LogP contribution in [0, 0.1) is 0 Å². The van der Waals surface area contributed by atoms with Crippen LogP contribution in [-0.4, -0.2) is 14.9 Å². The second-order valence-electron chi connectivity index (χ2n) is 1.38. The highest BCUT2D eigenvalue weighted by molar-refractivity contribution is 4.67. The number of H-pyrrole nitrogens is 1. The summed E-state index contributed by atoms with van der Waals surface area (Å²) in [6, 6.07) is 0. The number of nitrogens with one attached hydrogen (secondary N) is 1. The molecular formula is C3H4N4O2. The summed E-state index contributed by atoms with van der Waals surface area (Å²) in [5.41, 5.74) is -1.27. The van der Waals surface area contributed by atoms with Gasteiger partial charge < -0.3 is 5.84 Å². The standard InChI is InChI=1S/C3H4N4O2/c4-7-3(9)6-2(8)1-5-7/h1H,4H2,(H,6,8,9). The molecule has 1 rings (SSSR count). The van der Waals surface area contributed by atoms with E-state index in [0.29, 0.717) is 4.79 Å². The van der Waals surface area contributed by atoms with Crippen molar-refractivity contribution in [3.8, 4) is 0 Å². The van der Waals surface area contributed by atoms with E-state index in [2.05, 4.69) is 5.10 Å². The quantitative estimate of drug-likeness (QED) is 0.382. The topological polar surface area (TPSA) is 93.8 Å². The van der Waals surface area contributed by atoms with Gasteiger partial charge in [0.15, 0.2) is 0 Å². The summed E-state index contributed by atoms with van der Waals surface area (Å²) < 4.78 is 0. The molecule has 0 aliphatic heterocycles. The molecule has 0 aliphatic rings. The number of rotatable bonds is 0. The lowest BCUT2D eigenvalue weighted by atomic mass is 10.9. The summed E-state index contributed by atoms with van der Waals surface area (Å²) in [5.74, 6) is 4.91. The van der Waals surface area contributed by atoms with Gasteiger partial charge in [0.05, 0.1) is 0 Å². The highest BCUT2D eigenvalue weighted by Gasteiger charge is 1.87. The van der Waals surface area contributed by atoms with E-state index in [1.807, 2.05) is 4.98 Å². The van der Waals surface area contributed by atoms with Crippen molar-refractivity contribution in [3.63, 3.8) is 0 Å². The molecule has 1 aromatic rings. The van der Waals surface area contributed by atoms with Gasteiger partial charge in [-0.3, -0.25) is 9.78 Å². The lowest BCUT2D eigenvalue weighted by Crippen LogP contribution is -2.36. The summed E-state index contributed by atoms with van der Waals surface area (Å²) in [7, 11) is 0. The summed E-state index contributed by atoms with van der Waals surface area (Å²) in [6.45, 7) is 0. The van der Waals surface area contributed by atoms with Gasteiger partial charge in [-0.2, -0.15) is 5.10 Å². The van der Waals surface area contributed by atoms with E-state index < -0.39 is 11.2 Å². The van der Waals surface area contributed by atoms with E-state index in [0.717, 1.165) is 6.20 Å². The van der Waals surface area contributed by atoms with Crippen molar-refractivity contribution < 1.29 is 0 Å². The third-order valence-corrected chi connectivity index (χ3v) is 0.738. The van der Waals surface area contributed by atoms with E-state index in [4.69, 9.17) is 5.84 Å². The lowest BCUT2D eigenvalue weighted by molar-refractivity contribution is 0.712. The molecular weight excluding hydrogens is 124 g/mol. The highest BCUT2D eigenvalue weighted by Crippen LogP contribution is 1.46. The predicted molar refractivity (Wildman–Crippen MR) is 29.3 cm³/mol. The van der Waals surface area contributed by atoms with Crippen molar-refractivity contribution in [2.45, 2.75) is 0 Å². The predicted octanol–water partition coefficient (Wildman–Crippen LogP) is -2.35. The number of hydrogen-bond acceptors (Lipinski definition) is 4. The van der Waals surface area contributed by atoms with Crippen LogP contribution in [0.25, 0.3) is 0 Å². The Kier molecular flexibility index (Phi) is 1.07. The van der Waals surface area contributed by atoms with Crippen LogP contribution in [0.1, 0.15) is 0 Å². The van der Waals surface area contributed by atoms with E-state index in [-0.39, 0.29) is 0 Å². The van der Waals surface area contributed by atoms with Crippen LogP contribution in [0.5, 0.6) is 0 Å². The maximum absolute atomic E-state index is 10.4. The van der Waals surface area contributed by atoms with Gasteiger partial charge in [0, 0.05) is 0 Å². The Balaban J connectivity index is 3.52. The van der Waals surface area contributed by atoms with Crippen LogP contribution in [-0.2, 0) is 0 Å². The smallest absolute Gasteiger partial charge is 0.318 e. The Morgan fingerprint density at radius 2 is 2.33 bits per heavy atom. The molecule has 0 aromatic carbocycles. The molecule has 1 heterocycles. The fourth-order valence-corrected chi connectivity index (χ4v) is 0.362. The van der Waals surface area contributed by atoms with Gasteiger partial charge in [-0.05, 0) is 0 Å². The molecule has 9 heavy (non-hydrogen) atoms. The maximum atomic E-state index is 10.4. The van der Waals surface area contributed by atoms with Gasteiger partial charge in [0.2, 0.25) is 0 Å². The molecule has 0 radical (unpaired) electrons. The molecule has 0 fully saturated rings. The minimum atomic E-state index is -0.720. The van der Waals surface area contributed by atoms with E-state index in [1.165, 1.54) is 0 Å². The maximum Gasteiger partial charge on any atom is 0.364 e. The first-order valence-corrected chi connectivity index (χ1v) is 2.14. The molecule has 0 atom stereocenters. The second kappa shape index (κ2) is 1.73. The van der Waals surface area contributed by atoms with Crippen LogP contribution in [0.3, 0.4) is 0 Å². The van der Waals surface area contributed by atoms with Crippen LogP contribution in [0.4, 0.5) is 0 Å². The highest BCUT2D eigenvalue weighted by atomic mass is 16.2. The fraction of sp³-hybridized carbons (Fsp3) is 0. The molecule has 0 unspecified atom stereocenters. The Morgan fingerprint density at radius 1 is 1.67 bits per heavy atom. The third-order valence-electron chi connectivity index (χ3n) is 0.738. The molecule has 48 valence electrons. The largest absolute Gasteiger partial charge is 0.364 e. The average molecular weight is 128 g/mol. The van der Waals surface area contributed by atoms with Crippen LogP contribution in [0.15, 0.2) is 15.8 Å². The summed E-state index contributed by atoms with van der Waals surface area (Å²) in [6.07, 6.45) is 0.918. The molecule has 0 bridgehead atoms. The zero-order chi connectivity index (χ0) is 6.85. The van der Waals surface area contributed by atoms with E-state index in [1.54, 1.807) is 0 Å². The SMILES string of the molecule is Nn1ncc(=O)[nH]c1=O. The van der Waals surface area contributed by atoms with Gasteiger partial charge in [0.25, 0.3) is 5.56 Å². The molecule has 0 amide bonds. The molecule has 6 nitrogen and oxygen atoms in total. The molecule has 0 aliphatic carbocycles. The number of nitrogen functional groups attached to an aromatic ring is 1. The number of nitrogens with zero attached hydrogens (tertiary/aromatic N) is 2. The molecule has 1 aromatic heterocycles. The fourth-order valence-electron chi connectivity index (χ4n) is 0.362. The number of nitrogens with two attached hydrogens (primary N) is 1. The van der Waals surface area contributed by atoms with Gasteiger partial charge >= 0.3 is 5.69 Å². The van der Waals surface area contributed by atoms with Crippen molar-refractivity contribution in [2.75, 3.05) is 5.84 Å². The molecule has 0 saturated heterocycles. The second-order valence-corrected chi connectivity index (χ2v) is 1.38. The van der Waals surface area contributed by atoms with Crippen LogP contribution in [0.2, 0.25) is 0 Å². The van der Waals surface area contributed by atoms with Gasteiger partial charge in [-0.25, -0.2) is 4.79 Å². The Hall–Kier alpha value is -1.59. The number of aromatic amines is 1. The van der Waals surface area contributed by atoms with Crippen molar-refractivity contribution in [1.29, 1.82) is 0 Å². The number of aromatic nitrogens is 3. The van der Waals surface area contributed by atoms with Crippen molar-refractivity contribution in [2.24, 2.45) is 0 Å². The van der Waals surface area contributed by atoms with Crippen molar-refractivity contribution in [3.05, 3.63) is 27.0 Å². The zero-order valence-electron chi connectivity index (χ0n) is 4.37. The summed E-state index contributed by atoms with van der Waals surface area (Å²) in [4.78, 5) is 23.1.